The molecule has 0 amide bonds. The first-order chi connectivity index (χ1) is 8.58. The van der Waals surface area contributed by atoms with E-state index in [-0.39, 0.29) is 24.0 Å². The Morgan fingerprint density at radius 2 is 2.05 bits per heavy atom. The van der Waals surface area contributed by atoms with Gasteiger partial charge in [0.25, 0.3) is 0 Å². The van der Waals surface area contributed by atoms with Gasteiger partial charge >= 0.3 is 0 Å². The number of halogens is 1. The second-order valence-corrected chi connectivity index (χ2v) is 5.95. The molecule has 0 aliphatic heterocycles. The summed E-state index contributed by atoms with van der Waals surface area (Å²) in [6.07, 6.45) is 6.57. The minimum Gasteiger partial charge on any atom is -0.378 e. The highest BCUT2D eigenvalue weighted by Crippen LogP contribution is 2.56. The minimum absolute atomic E-state index is 0. The van der Waals surface area contributed by atoms with Gasteiger partial charge in [0.2, 0.25) is 0 Å². The van der Waals surface area contributed by atoms with Crippen LogP contribution in [0.2, 0.25) is 0 Å². The maximum atomic E-state index is 5.95. The summed E-state index contributed by atoms with van der Waals surface area (Å²) in [4.78, 5) is 4.69. The van der Waals surface area contributed by atoms with Crippen LogP contribution in [-0.4, -0.2) is 30.8 Å². The minimum atomic E-state index is 0. The largest absolute Gasteiger partial charge is 0.378 e. The van der Waals surface area contributed by atoms with E-state index in [0.29, 0.717) is 29.6 Å². The van der Waals surface area contributed by atoms with Crippen LogP contribution in [0.15, 0.2) is 4.99 Å². The molecule has 19 heavy (non-hydrogen) atoms. The molecule has 0 bridgehead atoms. The highest BCUT2D eigenvalue weighted by atomic mass is 127. The van der Waals surface area contributed by atoms with Gasteiger partial charge in [-0.05, 0) is 40.0 Å². The van der Waals surface area contributed by atoms with E-state index in [0.717, 1.165) is 13.0 Å². The zero-order chi connectivity index (χ0) is 13.2. The molecular weight excluding hydrogens is 353 g/mol. The topological polar surface area (TPSA) is 59.6 Å². The number of hydrogen-bond donors (Lipinski definition) is 2. The first-order valence-electron chi connectivity index (χ1n) is 7.30. The molecule has 0 aromatic rings. The number of nitrogens with zero attached hydrogens (tertiary/aromatic N) is 1. The van der Waals surface area contributed by atoms with Crippen molar-refractivity contribution >= 4 is 29.9 Å². The molecule has 0 heterocycles. The monoisotopic (exact) mass is 381 g/mol. The Morgan fingerprint density at radius 1 is 1.42 bits per heavy atom. The van der Waals surface area contributed by atoms with Crippen molar-refractivity contribution in [3.05, 3.63) is 0 Å². The predicted octanol–water partition coefficient (Wildman–Crippen LogP) is 2.65. The molecule has 2 rings (SSSR count). The van der Waals surface area contributed by atoms with Gasteiger partial charge < -0.3 is 15.8 Å². The number of ether oxygens (including phenoxy) is 1. The molecule has 112 valence electrons. The molecule has 5 heteroatoms. The van der Waals surface area contributed by atoms with Crippen molar-refractivity contribution in [2.24, 2.45) is 16.1 Å². The first-order valence-corrected chi connectivity index (χ1v) is 7.30. The highest BCUT2D eigenvalue weighted by molar-refractivity contribution is 14.0. The third-order valence-electron chi connectivity index (χ3n) is 4.38. The van der Waals surface area contributed by atoms with Crippen LogP contribution in [0.3, 0.4) is 0 Å². The van der Waals surface area contributed by atoms with Crippen LogP contribution >= 0.6 is 24.0 Å². The van der Waals surface area contributed by atoms with E-state index in [1.165, 1.54) is 25.7 Å². The molecule has 2 aliphatic carbocycles. The molecule has 2 aliphatic rings. The van der Waals surface area contributed by atoms with E-state index >= 15 is 0 Å². The molecule has 4 nitrogen and oxygen atoms in total. The second-order valence-electron chi connectivity index (χ2n) is 5.95. The molecule has 2 unspecified atom stereocenters. The third-order valence-corrected chi connectivity index (χ3v) is 4.38. The number of nitrogens with two attached hydrogens (primary N) is 1. The lowest BCUT2D eigenvalue weighted by molar-refractivity contribution is -0.119. The van der Waals surface area contributed by atoms with Crippen LogP contribution in [0.5, 0.6) is 0 Å². The molecule has 0 radical (unpaired) electrons. The predicted molar refractivity (Wildman–Crippen MR) is 90.0 cm³/mol. The molecule has 0 aromatic carbocycles. The van der Waals surface area contributed by atoms with Crippen LogP contribution in [0.1, 0.15) is 52.9 Å². The summed E-state index contributed by atoms with van der Waals surface area (Å²) in [5.41, 5.74) is 6.24. The van der Waals surface area contributed by atoms with E-state index in [1.54, 1.807) is 0 Å². The fourth-order valence-corrected chi connectivity index (χ4v) is 3.53. The molecule has 3 N–H and O–H groups in total. The van der Waals surface area contributed by atoms with Crippen molar-refractivity contribution in [1.82, 2.24) is 5.32 Å². The Bertz CT molecular complexity index is 314. The summed E-state index contributed by atoms with van der Waals surface area (Å²) in [5, 5.41) is 3.18. The van der Waals surface area contributed by atoms with Gasteiger partial charge in [-0.3, -0.25) is 0 Å². The van der Waals surface area contributed by atoms with Gasteiger partial charge in [0, 0.05) is 18.1 Å². The van der Waals surface area contributed by atoms with Crippen LogP contribution < -0.4 is 11.1 Å². The summed E-state index contributed by atoms with van der Waals surface area (Å²) in [7, 11) is 0. The fourth-order valence-electron chi connectivity index (χ4n) is 3.53. The lowest BCUT2D eigenvalue weighted by Crippen LogP contribution is -2.57. The SMILES string of the molecule is CCOC1CC(N=C(N)NC(C)C)C12CCCC2.I. The Morgan fingerprint density at radius 3 is 2.58 bits per heavy atom. The second kappa shape index (κ2) is 7.11. The normalized spacial score (nSPS) is 29.2. The molecule has 2 saturated carbocycles. The van der Waals surface area contributed by atoms with Crippen molar-refractivity contribution in [2.75, 3.05) is 6.61 Å². The van der Waals surface area contributed by atoms with Gasteiger partial charge in [0.1, 0.15) is 0 Å². The van der Waals surface area contributed by atoms with Crippen LogP contribution in [0, 0.1) is 5.41 Å². The summed E-state index contributed by atoms with van der Waals surface area (Å²) in [5.74, 6) is 0.594. The zero-order valence-corrected chi connectivity index (χ0v) is 14.6. The highest BCUT2D eigenvalue weighted by Gasteiger charge is 2.56. The Kier molecular flexibility index (Phi) is 6.36. The Hall–Kier alpha value is -0.0400. The fraction of sp³-hybridized carbons (Fsp3) is 0.929. The molecule has 2 atom stereocenters. The summed E-state index contributed by atoms with van der Waals surface area (Å²) < 4.78 is 5.88. The maximum Gasteiger partial charge on any atom is 0.189 e. The zero-order valence-electron chi connectivity index (χ0n) is 12.3. The van der Waals surface area contributed by atoms with Gasteiger partial charge in [-0.25, -0.2) is 4.99 Å². The quantitative estimate of drug-likeness (QED) is 0.447. The standard InChI is InChI=1S/C14H27N3O.HI/c1-4-18-12-9-11(14(12)7-5-6-8-14)17-13(15)16-10(2)3;/h10-12H,4-9H2,1-3H3,(H3,15,16,17);1H. The maximum absolute atomic E-state index is 5.95. The number of hydrogen-bond acceptors (Lipinski definition) is 2. The van der Waals surface area contributed by atoms with Crippen molar-refractivity contribution in [2.45, 2.75) is 71.1 Å². The average Bonchev–Trinajstić information content (AvgIpc) is 2.78. The molecular formula is C14H28IN3O. The Labute approximate surface area is 134 Å². The molecule has 1 spiro atoms. The molecule has 0 aromatic heterocycles. The van der Waals surface area contributed by atoms with Crippen molar-refractivity contribution in [3.8, 4) is 0 Å². The Balaban J connectivity index is 0.00000180. The smallest absolute Gasteiger partial charge is 0.189 e. The molecule has 2 fully saturated rings. The van der Waals surface area contributed by atoms with E-state index in [9.17, 15) is 0 Å². The molecule has 0 saturated heterocycles. The van der Waals surface area contributed by atoms with Gasteiger partial charge in [0.15, 0.2) is 5.96 Å². The number of nitrogens with one attached hydrogen (secondary N) is 1. The number of aliphatic imine (C=N–C) groups is 1. The summed E-state index contributed by atoms with van der Waals surface area (Å²) in [6.45, 7) is 7.05. The van der Waals surface area contributed by atoms with Crippen LogP contribution in [0.4, 0.5) is 0 Å². The van der Waals surface area contributed by atoms with Crippen LogP contribution in [-0.2, 0) is 4.74 Å². The van der Waals surface area contributed by atoms with E-state index in [1.807, 2.05) is 0 Å². The lowest BCUT2D eigenvalue weighted by Gasteiger charge is -2.52. The average molecular weight is 381 g/mol. The van der Waals surface area contributed by atoms with Crippen molar-refractivity contribution in [3.63, 3.8) is 0 Å². The van der Waals surface area contributed by atoms with E-state index < -0.39 is 0 Å². The van der Waals surface area contributed by atoms with Crippen LogP contribution in [0.25, 0.3) is 0 Å². The summed E-state index contributed by atoms with van der Waals surface area (Å²) in [6, 6.07) is 0.707. The van der Waals surface area contributed by atoms with E-state index in [4.69, 9.17) is 15.5 Å². The summed E-state index contributed by atoms with van der Waals surface area (Å²) >= 11 is 0. The number of rotatable bonds is 4. The van der Waals surface area contributed by atoms with Gasteiger partial charge in [0.05, 0.1) is 12.1 Å². The number of guanidine groups is 1. The first kappa shape index (κ1) is 17.0. The van der Waals surface area contributed by atoms with Gasteiger partial charge in [-0.2, -0.15) is 0 Å². The third kappa shape index (κ3) is 3.54. The lowest BCUT2D eigenvalue weighted by atomic mass is 9.61. The van der Waals surface area contributed by atoms with Crippen molar-refractivity contribution < 1.29 is 4.74 Å². The van der Waals surface area contributed by atoms with E-state index in [2.05, 4.69) is 26.1 Å². The van der Waals surface area contributed by atoms with Gasteiger partial charge in [-0.1, -0.05) is 12.8 Å². The van der Waals surface area contributed by atoms with Crippen molar-refractivity contribution in [1.29, 1.82) is 0 Å². The van der Waals surface area contributed by atoms with Gasteiger partial charge in [-0.15, -0.1) is 24.0 Å².